The van der Waals surface area contributed by atoms with E-state index in [2.05, 4.69) is 0 Å². The van der Waals surface area contributed by atoms with E-state index in [1.54, 1.807) is 7.11 Å². The zero-order valence-electron chi connectivity index (χ0n) is 6.82. The van der Waals surface area contributed by atoms with Gasteiger partial charge in [0.05, 0.1) is 19.3 Å². The Labute approximate surface area is 71.7 Å². The predicted molar refractivity (Wildman–Crippen MR) is 47.0 cm³/mol. The Kier molecular flexibility index (Phi) is 2.92. The molecular weight excluding hydrogens is 150 g/mol. The normalized spacial score (nSPS) is 10.5. The van der Waals surface area contributed by atoms with E-state index in [4.69, 9.17) is 10.00 Å². The van der Waals surface area contributed by atoms with Crippen molar-refractivity contribution in [2.75, 3.05) is 7.11 Å². The van der Waals surface area contributed by atoms with Crippen LogP contribution < -0.4 is 0 Å². The van der Waals surface area contributed by atoms with Crippen LogP contribution in [0, 0.1) is 11.3 Å². The van der Waals surface area contributed by atoms with Crippen molar-refractivity contribution in [3.05, 3.63) is 42.0 Å². The third-order valence-electron chi connectivity index (χ3n) is 1.47. The van der Waals surface area contributed by atoms with E-state index < -0.39 is 0 Å². The minimum Gasteiger partial charge on any atom is -0.495 e. The molecule has 0 unspecified atom stereocenters. The average molecular weight is 159 g/mol. The van der Waals surface area contributed by atoms with E-state index in [1.165, 1.54) is 6.08 Å². The molecule has 0 N–H and O–H groups in total. The van der Waals surface area contributed by atoms with E-state index >= 15 is 0 Å². The Morgan fingerprint density at radius 3 is 2.58 bits per heavy atom. The third-order valence-corrected chi connectivity index (χ3v) is 1.47. The fourth-order valence-corrected chi connectivity index (χ4v) is 0.921. The second-order valence-electron chi connectivity index (χ2n) is 2.21. The van der Waals surface area contributed by atoms with Gasteiger partial charge in [-0.3, -0.25) is 0 Å². The zero-order valence-corrected chi connectivity index (χ0v) is 6.82. The summed E-state index contributed by atoms with van der Waals surface area (Å²) in [5.74, 6) is 0.595. The lowest BCUT2D eigenvalue weighted by atomic mass is 10.2. The largest absolute Gasteiger partial charge is 0.495 e. The summed E-state index contributed by atoms with van der Waals surface area (Å²) in [6.45, 7) is 0. The number of methoxy groups -OCH3 is 1. The van der Waals surface area contributed by atoms with Crippen LogP contribution in [0.2, 0.25) is 0 Å². The molecule has 2 heteroatoms. The number of ether oxygens (including phenoxy) is 1. The SMILES string of the molecule is COC(=CC#N)c1ccccc1. The van der Waals surface area contributed by atoms with Gasteiger partial charge < -0.3 is 4.74 Å². The first-order chi connectivity index (χ1) is 5.88. The monoisotopic (exact) mass is 159 g/mol. The molecule has 60 valence electrons. The molecule has 0 bridgehead atoms. The fourth-order valence-electron chi connectivity index (χ4n) is 0.921. The van der Waals surface area contributed by atoms with Crippen molar-refractivity contribution in [3.8, 4) is 6.07 Å². The van der Waals surface area contributed by atoms with Crippen LogP contribution in [-0.4, -0.2) is 7.11 Å². The molecule has 12 heavy (non-hydrogen) atoms. The Morgan fingerprint density at radius 2 is 2.08 bits per heavy atom. The minimum absolute atomic E-state index is 0.595. The van der Waals surface area contributed by atoms with Gasteiger partial charge in [0, 0.05) is 5.56 Å². The van der Waals surface area contributed by atoms with Crippen molar-refractivity contribution in [2.45, 2.75) is 0 Å². The zero-order chi connectivity index (χ0) is 8.81. The molecule has 0 heterocycles. The molecule has 0 spiro atoms. The second kappa shape index (κ2) is 4.20. The number of nitriles is 1. The maximum Gasteiger partial charge on any atom is 0.136 e. The van der Waals surface area contributed by atoms with Gasteiger partial charge in [0.2, 0.25) is 0 Å². The number of hydrogen-bond donors (Lipinski definition) is 0. The van der Waals surface area contributed by atoms with E-state index in [0.29, 0.717) is 5.76 Å². The summed E-state index contributed by atoms with van der Waals surface area (Å²) in [6.07, 6.45) is 1.38. The number of allylic oxidation sites excluding steroid dienone is 1. The van der Waals surface area contributed by atoms with E-state index in [0.717, 1.165) is 5.56 Å². The molecule has 0 fully saturated rings. The van der Waals surface area contributed by atoms with Gasteiger partial charge in [0.25, 0.3) is 0 Å². The molecule has 0 saturated carbocycles. The summed E-state index contributed by atoms with van der Waals surface area (Å²) in [4.78, 5) is 0. The van der Waals surface area contributed by atoms with Gasteiger partial charge in [-0.15, -0.1) is 0 Å². The third kappa shape index (κ3) is 1.86. The van der Waals surface area contributed by atoms with Crippen molar-refractivity contribution in [3.63, 3.8) is 0 Å². The van der Waals surface area contributed by atoms with Crippen LogP contribution in [-0.2, 0) is 4.74 Å². The van der Waals surface area contributed by atoms with E-state index in [1.807, 2.05) is 36.4 Å². The molecule has 1 aromatic rings. The average Bonchev–Trinajstić information content (AvgIpc) is 2.15. The Morgan fingerprint density at radius 1 is 1.42 bits per heavy atom. The maximum atomic E-state index is 8.42. The Balaban J connectivity index is 2.98. The predicted octanol–water partition coefficient (Wildman–Crippen LogP) is 2.20. The number of benzene rings is 1. The summed E-state index contributed by atoms with van der Waals surface area (Å²) in [6, 6.07) is 11.4. The molecule has 1 aromatic carbocycles. The highest BCUT2D eigenvalue weighted by Crippen LogP contribution is 2.13. The van der Waals surface area contributed by atoms with Crippen LogP contribution in [0.25, 0.3) is 5.76 Å². The van der Waals surface area contributed by atoms with Gasteiger partial charge in [-0.2, -0.15) is 5.26 Å². The molecule has 0 aromatic heterocycles. The Hall–Kier alpha value is -1.75. The number of nitrogens with zero attached hydrogens (tertiary/aromatic N) is 1. The molecule has 2 nitrogen and oxygen atoms in total. The van der Waals surface area contributed by atoms with Crippen LogP contribution in [0.15, 0.2) is 36.4 Å². The van der Waals surface area contributed by atoms with Crippen molar-refractivity contribution in [2.24, 2.45) is 0 Å². The number of hydrogen-bond acceptors (Lipinski definition) is 2. The van der Waals surface area contributed by atoms with Crippen LogP contribution in [0.3, 0.4) is 0 Å². The van der Waals surface area contributed by atoms with Gasteiger partial charge in [-0.1, -0.05) is 30.3 Å². The summed E-state index contributed by atoms with van der Waals surface area (Å²) in [7, 11) is 1.55. The van der Waals surface area contributed by atoms with Crippen LogP contribution in [0.5, 0.6) is 0 Å². The smallest absolute Gasteiger partial charge is 0.136 e. The lowest BCUT2D eigenvalue weighted by Gasteiger charge is -2.02. The molecule has 0 aliphatic heterocycles. The highest BCUT2D eigenvalue weighted by atomic mass is 16.5. The molecule has 0 radical (unpaired) electrons. The fraction of sp³-hybridized carbons (Fsp3) is 0.100. The molecule has 0 aliphatic carbocycles. The molecule has 0 saturated heterocycles. The summed E-state index contributed by atoms with van der Waals surface area (Å²) < 4.78 is 5.02. The highest BCUT2D eigenvalue weighted by molar-refractivity contribution is 5.61. The number of rotatable bonds is 2. The first-order valence-electron chi connectivity index (χ1n) is 3.57. The molecule has 0 atom stereocenters. The van der Waals surface area contributed by atoms with Crippen molar-refractivity contribution in [1.82, 2.24) is 0 Å². The Bertz CT molecular complexity index is 308. The van der Waals surface area contributed by atoms with E-state index in [-0.39, 0.29) is 0 Å². The van der Waals surface area contributed by atoms with E-state index in [9.17, 15) is 0 Å². The molecule has 0 amide bonds. The first-order valence-corrected chi connectivity index (χ1v) is 3.57. The second-order valence-corrected chi connectivity index (χ2v) is 2.21. The first kappa shape index (κ1) is 8.35. The topological polar surface area (TPSA) is 33.0 Å². The quantitative estimate of drug-likeness (QED) is 0.489. The lowest BCUT2D eigenvalue weighted by Crippen LogP contribution is -1.85. The standard InChI is InChI=1S/C10H9NO/c1-12-10(7-8-11)9-5-3-2-4-6-9/h2-7H,1H3. The minimum atomic E-state index is 0.595. The summed E-state index contributed by atoms with van der Waals surface area (Å²) in [5.41, 5.74) is 0.918. The van der Waals surface area contributed by atoms with Crippen LogP contribution in [0.1, 0.15) is 5.56 Å². The lowest BCUT2D eigenvalue weighted by molar-refractivity contribution is 0.370. The van der Waals surface area contributed by atoms with Gasteiger partial charge in [0.1, 0.15) is 5.76 Å². The van der Waals surface area contributed by atoms with Crippen molar-refractivity contribution in [1.29, 1.82) is 5.26 Å². The summed E-state index contributed by atoms with van der Waals surface area (Å²) >= 11 is 0. The highest BCUT2D eigenvalue weighted by Gasteiger charge is 1.97. The van der Waals surface area contributed by atoms with Gasteiger partial charge in [0.15, 0.2) is 0 Å². The van der Waals surface area contributed by atoms with Crippen molar-refractivity contribution < 1.29 is 4.74 Å². The molecule has 1 rings (SSSR count). The van der Waals surface area contributed by atoms with Crippen molar-refractivity contribution >= 4 is 5.76 Å². The van der Waals surface area contributed by atoms with Gasteiger partial charge >= 0.3 is 0 Å². The van der Waals surface area contributed by atoms with Gasteiger partial charge in [-0.05, 0) is 0 Å². The maximum absolute atomic E-state index is 8.42. The molecular formula is C10H9NO. The van der Waals surface area contributed by atoms with Gasteiger partial charge in [-0.25, -0.2) is 0 Å². The van der Waals surface area contributed by atoms with Crippen LogP contribution >= 0.6 is 0 Å². The summed E-state index contributed by atoms with van der Waals surface area (Å²) in [5, 5.41) is 8.42. The molecule has 0 aliphatic rings. The van der Waals surface area contributed by atoms with Crippen LogP contribution in [0.4, 0.5) is 0 Å².